The summed E-state index contributed by atoms with van der Waals surface area (Å²) in [6.45, 7) is 0.243. The van der Waals surface area contributed by atoms with Crippen molar-refractivity contribution < 1.29 is 19.8 Å². The fourth-order valence-corrected chi connectivity index (χ4v) is 0.901. The van der Waals surface area contributed by atoms with Crippen LogP contribution in [0.5, 0.6) is 0 Å². The molecule has 0 amide bonds. The summed E-state index contributed by atoms with van der Waals surface area (Å²) in [6.07, 6.45) is 1.36. The van der Waals surface area contributed by atoms with Crippen molar-refractivity contribution in [2.24, 2.45) is 4.99 Å². The van der Waals surface area contributed by atoms with Crippen LogP contribution >= 0.6 is 0 Å². The molecule has 6 heteroatoms. The number of hydrogen-bond acceptors (Lipinski definition) is 4. The molecule has 0 aromatic heterocycles. The molecule has 13 heavy (non-hydrogen) atoms. The van der Waals surface area contributed by atoms with Gasteiger partial charge in [-0.25, -0.2) is 14.6 Å². The number of carbonyl (C=O) groups is 2. The number of aliphatic imine (C=N–C) groups is 1. The van der Waals surface area contributed by atoms with Gasteiger partial charge in [-0.05, 0) is 6.08 Å². The molecule has 1 heterocycles. The highest BCUT2D eigenvalue weighted by Crippen LogP contribution is 2.06. The van der Waals surface area contributed by atoms with Gasteiger partial charge in [0.25, 0.3) is 0 Å². The summed E-state index contributed by atoms with van der Waals surface area (Å²) in [5.41, 5.74) is -0.226. The average Bonchev–Trinajstić information content (AvgIpc) is 2.04. The van der Waals surface area contributed by atoms with Crippen molar-refractivity contribution in [3.8, 4) is 0 Å². The normalized spacial score (nSPS) is 16.2. The van der Waals surface area contributed by atoms with Gasteiger partial charge in [0, 0.05) is 13.6 Å². The monoisotopic (exact) mass is 184 g/mol. The van der Waals surface area contributed by atoms with E-state index in [1.807, 2.05) is 0 Å². The van der Waals surface area contributed by atoms with Crippen LogP contribution < -0.4 is 0 Å². The summed E-state index contributed by atoms with van der Waals surface area (Å²) < 4.78 is 0. The molecule has 70 valence electrons. The Morgan fingerprint density at radius 2 is 2.08 bits per heavy atom. The molecule has 0 saturated heterocycles. The van der Waals surface area contributed by atoms with Crippen LogP contribution in [0.2, 0.25) is 0 Å². The Hall–Kier alpha value is -1.85. The van der Waals surface area contributed by atoms with E-state index >= 15 is 0 Å². The van der Waals surface area contributed by atoms with Gasteiger partial charge in [-0.2, -0.15) is 0 Å². The fraction of sp³-hybridized carbons (Fsp3) is 0.286. The largest absolute Gasteiger partial charge is 0.477 e. The molecule has 0 aliphatic carbocycles. The summed E-state index contributed by atoms with van der Waals surface area (Å²) >= 11 is 0. The Bertz CT molecular complexity index is 318. The van der Waals surface area contributed by atoms with E-state index < -0.39 is 11.9 Å². The molecule has 1 rings (SSSR count). The van der Waals surface area contributed by atoms with Crippen LogP contribution in [-0.2, 0) is 9.59 Å². The second-order valence-corrected chi connectivity index (χ2v) is 2.52. The Labute approximate surface area is 73.8 Å². The minimum absolute atomic E-state index is 0.226. The minimum Gasteiger partial charge on any atom is -0.477 e. The molecular formula is C7H8N2O4. The third-order valence-corrected chi connectivity index (χ3v) is 1.56. The molecule has 0 bridgehead atoms. The van der Waals surface area contributed by atoms with E-state index in [-0.39, 0.29) is 18.1 Å². The zero-order valence-corrected chi connectivity index (χ0v) is 6.89. The highest BCUT2D eigenvalue weighted by Gasteiger charge is 2.21. The Balaban J connectivity index is 2.98. The molecule has 2 N–H and O–H groups in total. The van der Waals surface area contributed by atoms with Gasteiger partial charge in [0.2, 0.25) is 5.84 Å². The Kier molecular flexibility index (Phi) is 2.32. The Morgan fingerprint density at radius 1 is 1.46 bits per heavy atom. The van der Waals surface area contributed by atoms with Gasteiger partial charge in [0.1, 0.15) is 5.70 Å². The predicted octanol–water partition coefficient (Wildman–Crippen LogP) is -0.617. The molecule has 0 spiro atoms. The van der Waals surface area contributed by atoms with Gasteiger partial charge in [0.05, 0.1) is 0 Å². The van der Waals surface area contributed by atoms with Crippen molar-refractivity contribution >= 4 is 17.8 Å². The molecule has 0 atom stereocenters. The van der Waals surface area contributed by atoms with Crippen LogP contribution in [0.15, 0.2) is 16.8 Å². The van der Waals surface area contributed by atoms with Gasteiger partial charge in [0.15, 0.2) is 0 Å². The molecule has 0 aromatic carbocycles. The number of hydrogen-bond donors (Lipinski definition) is 2. The van der Waals surface area contributed by atoms with Crippen molar-refractivity contribution in [1.82, 2.24) is 4.90 Å². The van der Waals surface area contributed by atoms with Gasteiger partial charge < -0.3 is 15.1 Å². The number of likely N-dealkylation sites (N-methyl/N-ethyl adjacent to an activating group) is 1. The SMILES string of the molecule is CN1CC=C(C(=O)O)N=C1C(=O)O. The maximum atomic E-state index is 10.5. The molecule has 0 unspecified atom stereocenters. The second kappa shape index (κ2) is 3.26. The van der Waals surface area contributed by atoms with Gasteiger partial charge in [-0.3, -0.25) is 0 Å². The van der Waals surface area contributed by atoms with E-state index in [1.165, 1.54) is 18.0 Å². The Morgan fingerprint density at radius 3 is 2.54 bits per heavy atom. The maximum absolute atomic E-state index is 10.5. The highest BCUT2D eigenvalue weighted by molar-refractivity contribution is 6.35. The molecule has 1 aliphatic rings. The molecular weight excluding hydrogens is 176 g/mol. The van der Waals surface area contributed by atoms with Gasteiger partial charge in [-0.1, -0.05) is 0 Å². The summed E-state index contributed by atoms with van der Waals surface area (Å²) in [4.78, 5) is 25.8. The first-order valence-electron chi connectivity index (χ1n) is 3.49. The fourth-order valence-electron chi connectivity index (χ4n) is 0.901. The smallest absolute Gasteiger partial charge is 0.371 e. The third kappa shape index (κ3) is 1.84. The predicted molar refractivity (Wildman–Crippen MR) is 43.4 cm³/mol. The number of nitrogens with zero attached hydrogens (tertiary/aromatic N) is 2. The van der Waals surface area contributed by atoms with Crippen molar-refractivity contribution in [2.45, 2.75) is 0 Å². The van der Waals surface area contributed by atoms with Crippen LogP contribution in [0.25, 0.3) is 0 Å². The summed E-state index contributed by atoms with van der Waals surface area (Å²) in [6, 6.07) is 0. The number of aliphatic carboxylic acids is 2. The summed E-state index contributed by atoms with van der Waals surface area (Å²) in [7, 11) is 1.53. The van der Waals surface area contributed by atoms with Crippen molar-refractivity contribution in [1.29, 1.82) is 0 Å². The van der Waals surface area contributed by atoms with Crippen LogP contribution in [-0.4, -0.2) is 46.5 Å². The third-order valence-electron chi connectivity index (χ3n) is 1.56. The van der Waals surface area contributed by atoms with Crippen molar-refractivity contribution in [3.63, 3.8) is 0 Å². The summed E-state index contributed by atoms with van der Waals surface area (Å²) in [5, 5.41) is 17.2. The quantitative estimate of drug-likeness (QED) is 0.597. The zero-order chi connectivity index (χ0) is 10.0. The molecule has 0 aromatic rings. The molecule has 0 saturated carbocycles. The molecule has 0 radical (unpaired) electrons. The highest BCUT2D eigenvalue weighted by atomic mass is 16.4. The number of carboxylic acids is 2. The van der Waals surface area contributed by atoms with E-state index in [0.717, 1.165) is 0 Å². The second-order valence-electron chi connectivity index (χ2n) is 2.52. The zero-order valence-electron chi connectivity index (χ0n) is 6.89. The first-order valence-corrected chi connectivity index (χ1v) is 3.49. The van der Waals surface area contributed by atoms with E-state index in [1.54, 1.807) is 0 Å². The lowest BCUT2D eigenvalue weighted by atomic mass is 10.3. The topological polar surface area (TPSA) is 90.2 Å². The molecule has 0 fully saturated rings. The minimum atomic E-state index is -1.23. The van der Waals surface area contributed by atoms with Crippen LogP contribution in [0.4, 0.5) is 0 Å². The lowest BCUT2D eigenvalue weighted by molar-refractivity contribution is -0.132. The van der Waals surface area contributed by atoms with Crippen molar-refractivity contribution in [3.05, 3.63) is 11.8 Å². The molecule has 1 aliphatic heterocycles. The first kappa shape index (κ1) is 9.24. The van der Waals surface area contributed by atoms with Crippen LogP contribution in [0.3, 0.4) is 0 Å². The lowest BCUT2D eigenvalue weighted by Gasteiger charge is -2.19. The number of carboxylic acid groups (broad SMARTS) is 2. The standard InChI is InChI=1S/C7H8N2O4/c1-9-3-2-4(6(10)11)8-5(9)7(12)13/h2H,3H2,1H3,(H,10,11)(H,12,13). The molecule has 6 nitrogen and oxygen atoms in total. The van der Waals surface area contributed by atoms with E-state index in [9.17, 15) is 9.59 Å². The summed E-state index contributed by atoms with van der Waals surface area (Å²) in [5.74, 6) is -2.69. The first-order chi connectivity index (χ1) is 6.02. The average molecular weight is 184 g/mol. The van der Waals surface area contributed by atoms with Crippen molar-refractivity contribution in [2.75, 3.05) is 13.6 Å². The number of amidine groups is 1. The van der Waals surface area contributed by atoms with E-state index in [4.69, 9.17) is 10.2 Å². The van der Waals surface area contributed by atoms with Crippen LogP contribution in [0, 0.1) is 0 Å². The van der Waals surface area contributed by atoms with Gasteiger partial charge >= 0.3 is 11.9 Å². The maximum Gasteiger partial charge on any atom is 0.371 e. The van der Waals surface area contributed by atoms with E-state index in [0.29, 0.717) is 0 Å². The number of rotatable bonds is 2. The van der Waals surface area contributed by atoms with Crippen LogP contribution in [0.1, 0.15) is 0 Å². The lowest BCUT2D eigenvalue weighted by Crippen LogP contribution is -2.36. The van der Waals surface area contributed by atoms with E-state index in [2.05, 4.69) is 4.99 Å². The van der Waals surface area contributed by atoms with Gasteiger partial charge in [-0.15, -0.1) is 0 Å².